The molecule has 0 saturated carbocycles. The number of rotatable bonds is 7. The molecule has 0 nitrogen and oxygen atoms in total. The molecule has 0 aliphatic rings. The molecule has 0 aromatic heterocycles. The summed E-state index contributed by atoms with van der Waals surface area (Å²) in [6, 6.07) is 0. The van der Waals surface area contributed by atoms with Crippen LogP contribution in [-0.2, 0) is 0 Å². The molecule has 134 valence electrons. The standard InChI is InChI=1S/C8H7F13Si/c1-2-3-4(9,10)5(11,12)6(13,14)7(15,16)8(17,18)22(19,20)21/h2-3H2,1H3. The molecule has 0 rings (SSSR count). The third kappa shape index (κ3) is 2.77. The summed E-state index contributed by atoms with van der Waals surface area (Å²) >= 11 is 0. The van der Waals surface area contributed by atoms with Crippen molar-refractivity contribution in [3.8, 4) is 0 Å². The largest absolute Gasteiger partial charge is 0.697 e. The Bertz CT molecular complexity index is 395. The Hall–Kier alpha value is -0.693. The molecular weight excluding hydrogens is 371 g/mol. The van der Waals surface area contributed by atoms with E-state index >= 15 is 0 Å². The van der Waals surface area contributed by atoms with Gasteiger partial charge in [0.15, 0.2) is 0 Å². The monoisotopic (exact) mass is 378 g/mol. The van der Waals surface area contributed by atoms with Gasteiger partial charge in [0, 0.05) is 6.42 Å². The molecule has 0 bridgehead atoms. The van der Waals surface area contributed by atoms with Crippen LogP contribution in [0.15, 0.2) is 0 Å². The van der Waals surface area contributed by atoms with Gasteiger partial charge in [0.1, 0.15) is 0 Å². The van der Waals surface area contributed by atoms with Gasteiger partial charge < -0.3 is 0 Å². The summed E-state index contributed by atoms with van der Waals surface area (Å²) in [5.41, 5.74) is -7.52. The first kappa shape index (κ1) is 21.3. The van der Waals surface area contributed by atoms with Crippen molar-refractivity contribution < 1.29 is 56.2 Å². The highest BCUT2D eigenvalue weighted by Gasteiger charge is 2.92. The van der Waals surface area contributed by atoms with Crippen LogP contribution >= 0.6 is 0 Å². The third-order valence-corrected chi connectivity index (χ3v) is 3.59. The van der Waals surface area contributed by atoms with Gasteiger partial charge in [0.2, 0.25) is 0 Å². The van der Waals surface area contributed by atoms with Crippen molar-refractivity contribution in [1.82, 2.24) is 0 Å². The van der Waals surface area contributed by atoms with Crippen LogP contribution in [0.2, 0.25) is 0 Å². The predicted octanol–water partition coefficient (Wildman–Crippen LogP) is 5.35. The zero-order valence-electron chi connectivity index (χ0n) is 10.3. The van der Waals surface area contributed by atoms with Crippen molar-refractivity contribution in [2.45, 2.75) is 49.0 Å². The molecule has 0 saturated heterocycles. The van der Waals surface area contributed by atoms with Gasteiger partial charge in [-0.05, 0) is 0 Å². The van der Waals surface area contributed by atoms with Crippen LogP contribution in [0.25, 0.3) is 0 Å². The maximum absolute atomic E-state index is 12.9. The molecule has 0 amide bonds. The Morgan fingerprint density at radius 1 is 0.636 bits per heavy atom. The fraction of sp³-hybridized carbons (Fsp3) is 1.00. The summed E-state index contributed by atoms with van der Waals surface area (Å²) in [4.78, 5) is 0. The van der Waals surface area contributed by atoms with Gasteiger partial charge in [-0.15, -0.1) is 0 Å². The lowest BCUT2D eigenvalue weighted by molar-refractivity contribution is -0.394. The van der Waals surface area contributed by atoms with Gasteiger partial charge in [0.25, 0.3) is 0 Å². The van der Waals surface area contributed by atoms with Crippen LogP contribution in [0.3, 0.4) is 0 Å². The van der Waals surface area contributed by atoms with E-state index < -0.39 is 51.2 Å². The maximum atomic E-state index is 12.9. The van der Waals surface area contributed by atoms with E-state index in [1.807, 2.05) is 0 Å². The first-order valence-corrected chi connectivity index (χ1v) is 6.90. The molecule has 0 unspecified atom stereocenters. The smallest absolute Gasteiger partial charge is 0.234 e. The van der Waals surface area contributed by atoms with Gasteiger partial charge >= 0.3 is 38.3 Å². The van der Waals surface area contributed by atoms with E-state index in [2.05, 4.69) is 0 Å². The summed E-state index contributed by atoms with van der Waals surface area (Å²) in [7, 11) is -8.93. The Morgan fingerprint density at radius 2 is 1.00 bits per heavy atom. The van der Waals surface area contributed by atoms with Crippen LogP contribution < -0.4 is 0 Å². The van der Waals surface area contributed by atoms with Gasteiger partial charge in [0.05, 0.1) is 0 Å². The maximum Gasteiger partial charge on any atom is 0.697 e. The minimum atomic E-state index is -8.93. The topological polar surface area (TPSA) is 0 Å². The first-order valence-electron chi connectivity index (χ1n) is 5.27. The highest BCUT2D eigenvalue weighted by atomic mass is 28.5. The Morgan fingerprint density at radius 3 is 1.27 bits per heavy atom. The molecule has 0 aromatic carbocycles. The quantitative estimate of drug-likeness (QED) is 0.318. The van der Waals surface area contributed by atoms with Crippen LogP contribution in [0.4, 0.5) is 56.2 Å². The second-order valence-electron chi connectivity index (χ2n) is 4.25. The summed E-state index contributed by atoms with van der Waals surface area (Å²) in [6.07, 6.45) is -3.07. The van der Waals surface area contributed by atoms with Crippen LogP contribution in [0, 0.1) is 0 Å². The van der Waals surface area contributed by atoms with E-state index in [-0.39, 0.29) is 0 Å². The van der Waals surface area contributed by atoms with E-state index in [9.17, 15) is 56.2 Å². The van der Waals surface area contributed by atoms with Gasteiger partial charge in [-0.2, -0.15) is 43.9 Å². The van der Waals surface area contributed by atoms with E-state index in [0.29, 0.717) is 0 Å². The third-order valence-electron chi connectivity index (χ3n) is 2.56. The average Bonchev–Trinajstić information content (AvgIpc) is 2.26. The first-order chi connectivity index (χ1) is 9.31. The van der Waals surface area contributed by atoms with Crippen molar-refractivity contribution in [3.63, 3.8) is 0 Å². The molecule has 0 fully saturated rings. The van der Waals surface area contributed by atoms with E-state index in [4.69, 9.17) is 0 Å². The van der Waals surface area contributed by atoms with Crippen LogP contribution in [0.1, 0.15) is 19.8 Å². The fourth-order valence-corrected chi connectivity index (χ4v) is 1.79. The molecule has 0 spiro atoms. The molecule has 0 N–H and O–H groups in total. The molecule has 14 heteroatoms. The highest BCUT2D eigenvalue weighted by Crippen LogP contribution is 2.59. The summed E-state index contributed by atoms with van der Waals surface area (Å²) in [5, 5.41) is 0. The van der Waals surface area contributed by atoms with Crippen LogP contribution in [0.5, 0.6) is 0 Å². The van der Waals surface area contributed by atoms with Gasteiger partial charge in [-0.25, -0.2) is 12.3 Å². The highest BCUT2D eigenvalue weighted by molar-refractivity contribution is 6.61. The van der Waals surface area contributed by atoms with Crippen molar-refractivity contribution in [2.24, 2.45) is 0 Å². The van der Waals surface area contributed by atoms with E-state index in [1.54, 1.807) is 0 Å². The van der Waals surface area contributed by atoms with Crippen molar-refractivity contribution in [3.05, 3.63) is 0 Å². The van der Waals surface area contributed by atoms with E-state index in [0.717, 1.165) is 6.92 Å². The van der Waals surface area contributed by atoms with Crippen molar-refractivity contribution in [2.75, 3.05) is 0 Å². The molecule has 0 radical (unpaired) electrons. The predicted molar refractivity (Wildman–Crippen MR) is 48.7 cm³/mol. The Kier molecular flexibility index (Phi) is 5.27. The molecule has 0 atom stereocenters. The Balaban J connectivity index is 6.11. The zero-order chi connectivity index (χ0) is 18.4. The number of hydrogen-bond donors (Lipinski definition) is 0. The summed E-state index contributed by atoms with van der Waals surface area (Å²) in [6.45, 7) is 0.748. The molecule has 22 heavy (non-hydrogen) atoms. The second kappa shape index (κ2) is 5.44. The summed E-state index contributed by atoms with van der Waals surface area (Å²) in [5.74, 6) is -28.4. The van der Waals surface area contributed by atoms with Gasteiger partial charge in [-0.1, -0.05) is 13.3 Å². The Labute approximate surface area is 115 Å². The lowest BCUT2D eigenvalue weighted by Gasteiger charge is -2.39. The molecule has 0 heterocycles. The lowest BCUT2D eigenvalue weighted by Crippen LogP contribution is -2.71. The molecule has 0 aromatic rings. The normalized spacial score (nSPS) is 16.1. The minimum Gasteiger partial charge on any atom is -0.234 e. The molecule has 0 aliphatic heterocycles. The summed E-state index contributed by atoms with van der Waals surface area (Å²) < 4.78 is 163. The van der Waals surface area contributed by atoms with Gasteiger partial charge in [-0.3, -0.25) is 0 Å². The van der Waals surface area contributed by atoms with Crippen molar-refractivity contribution >= 4 is 9.08 Å². The molecule has 0 aliphatic carbocycles. The second-order valence-corrected chi connectivity index (χ2v) is 5.87. The fourth-order valence-electron chi connectivity index (χ4n) is 1.27. The van der Waals surface area contributed by atoms with E-state index in [1.165, 1.54) is 0 Å². The van der Waals surface area contributed by atoms with Crippen LogP contribution in [-0.4, -0.2) is 38.3 Å². The van der Waals surface area contributed by atoms with Crippen molar-refractivity contribution in [1.29, 1.82) is 0 Å². The number of halogens is 13. The molecular formula is C8H7F13Si. The zero-order valence-corrected chi connectivity index (χ0v) is 11.3. The average molecular weight is 378 g/mol. The minimum absolute atomic E-state index is 0.748. The SMILES string of the molecule is CCCC(F)(F)C(F)(F)C(F)(F)C(F)(F)C(F)(F)[Si](F)(F)F. The lowest BCUT2D eigenvalue weighted by atomic mass is 9.96. The number of hydrogen-bond acceptors (Lipinski definition) is 0. The number of alkyl halides is 10.